The third-order valence-corrected chi connectivity index (χ3v) is 3.75. The van der Waals surface area contributed by atoms with Gasteiger partial charge in [0.05, 0.1) is 0 Å². The van der Waals surface area contributed by atoms with E-state index in [9.17, 15) is 0 Å². The first kappa shape index (κ1) is 14.1. The van der Waals surface area contributed by atoms with Crippen molar-refractivity contribution in [2.75, 3.05) is 16.8 Å². The molecule has 2 heterocycles. The van der Waals surface area contributed by atoms with Gasteiger partial charge in [0.1, 0.15) is 12.1 Å². The van der Waals surface area contributed by atoms with Gasteiger partial charge in [0, 0.05) is 18.4 Å². The van der Waals surface area contributed by atoms with Crippen molar-refractivity contribution in [3.8, 4) is 0 Å². The average molecular weight is 345 g/mol. The molecule has 3 aromatic rings. The Morgan fingerprint density at radius 2 is 2.00 bits per heavy atom. The molecule has 0 spiro atoms. The summed E-state index contributed by atoms with van der Waals surface area (Å²) in [6.07, 6.45) is 1.60. The number of rotatable bonds is 5. The fourth-order valence-electron chi connectivity index (χ4n) is 2.44. The molecule has 21 heavy (non-hydrogen) atoms. The van der Waals surface area contributed by atoms with Crippen LogP contribution in [0.5, 0.6) is 0 Å². The molecular weight excluding hydrogens is 328 g/mol. The Hall–Kier alpha value is -1.88. The highest BCUT2D eigenvalue weighted by Gasteiger charge is 2.12. The van der Waals surface area contributed by atoms with Crippen molar-refractivity contribution in [1.82, 2.24) is 14.6 Å². The van der Waals surface area contributed by atoms with Crippen LogP contribution in [0.2, 0.25) is 0 Å². The number of fused-ring (bicyclic) bond motifs is 1. The molecule has 108 valence electrons. The largest absolute Gasteiger partial charge is 0.351 e. The minimum absolute atomic E-state index is 0.852. The van der Waals surface area contributed by atoms with Gasteiger partial charge in [-0.2, -0.15) is 9.61 Å². The lowest BCUT2D eigenvalue weighted by molar-refractivity contribution is 0.785. The standard InChI is InChI=1S/C16H17BrN4/c1-13-9-15-18-12-19-21(15)16(10-13)20(8-7-17)11-14-5-3-2-4-6-14/h2-6,9-10,12H,7-8,11H2,1H3. The number of alkyl halides is 1. The van der Waals surface area contributed by atoms with Crippen LogP contribution in [0, 0.1) is 6.92 Å². The van der Waals surface area contributed by atoms with E-state index in [4.69, 9.17) is 0 Å². The second-order valence-corrected chi connectivity index (χ2v) is 5.81. The SMILES string of the molecule is Cc1cc(N(CCBr)Cc2ccccc2)n2ncnc2c1. The third kappa shape index (κ3) is 3.08. The molecule has 0 fully saturated rings. The smallest absolute Gasteiger partial charge is 0.157 e. The number of nitrogens with zero attached hydrogens (tertiary/aromatic N) is 4. The Kier molecular flexibility index (Phi) is 4.20. The van der Waals surface area contributed by atoms with Gasteiger partial charge in [0.15, 0.2) is 5.65 Å². The molecule has 0 saturated carbocycles. The minimum atomic E-state index is 0.852. The summed E-state index contributed by atoms with van der Waals surface area (Å²) in [4.78, 5) is 6.62. The van der Waals surface area contributed by atoms with E-state index in [0.717, 1.165) is 29.9 Å². The number of benzene rings is 1. The van der Waals surface area contributed by atoms with E-state index in [1.807, 2.05) is 16.6 Å². The summed E-state index contributed by atoms with van der Waals surface area (Å²) >= 11 is 3.55. The first-order chi connectivity index (χ1) is 10.3. The molecule has 0 atom stereocenters. The van der Waals surface area contributed by atoms with Crippen molar-refractivity contribution in [3.63, 3.8) is 0 Å². The summed E-state index contributed by atoms with van der Waals surface area (Å²) in [5.41, 5.74) is 3.36. The zero-order valence-electron chi connectivity index (χ0n) is 11.9. The molecule has 0 aliphatic carbocycles. The molecule has 2 aromatic heterocycles. The number of aromatic nitrogens is 3. The van der Waals surface area contributed by atoms with Crippen LogP contribution in [-0.4, -0.2) is 26.5 Å². The summed E-state index contributed by atoms with van der Waals surface area (Å²) in [5, 5.41) is 5.26. The Bertz CT molecular complexity index is 723. The van der Waals surface area contributed by atoms with Gasteiger partial charge in [0.2, 0.25) is 0 Å². The quantitative estimate of drug-likeness (QED) is 0.664. The summed E-state index contributed by atoms with van der Waals surface area (Å²) in [5.74, 6) is 1.07. The van der Waals surface area contributed by atoms with E-state index in [0.29, 0.717) is 0 Å². The van der Waals surface area contributed by atoms with Gasteiger partial charge < -0.3 is 4.90 Å². The van der Waals surface area contributed by atoms with Crippen LogP contribution in [0.3, 0.4) is 0 Å². The number of halogens is 1. The number of pyridine rings is 1. The molecule has 3 rings (SSSR count). The topological polar surface area (TPSA) is 33.4 Å². The van der Waals surface area contributed by atoms with Crippen LogP contribution in [0.4, 0.5) is 5.82 Å². The Morgan fingerprint density at radius 3 is 2.76 bits per heavy atom. The number of aryl methyl sites for hydroxylation is 1. The maximum absolute atomic E-state index is 4.35. The summed E-state index contributed by atoms with van der Waals surface area (Å²) < 4.78 is 1.90. The van der Waals surface area contributed by atoms with Crippen LogP contribution < -0.4 is 4.90 Å². The van der Waals surface area contributed by atoms with Gasteiger partial charge in [0.25, 0.3) is 0 Å². The Balaban J connectivity index is 2.00. The molecule has 0 saturated heterocycles. The van der Waals surface area contributed by atoms with Crippen molar-refractivity contribution in [2.45, 2.75) is 13.5 Å². The van der Waals surface area contributed by atoms with E-state index in [1.165, 1.54) is 11.1 Å². The lowest BCUT2D eigenvalue weighted by Crippen LogP contribution is -2.27. The highest BCUT2D eigenvalue weighted by atomic mass is 79.9. The fourth-order valence-corrected chi connectivity index (χ4v) is 2.87. The second kappa shape index (κ2) is 6.26. The second-order valence-electron chi connectivity index (χ2n) is 5.02. The van der Waals surface area contributed by atoms with Crippen LogP contribution >= 0.6 is 15.9 Å². The van der Waals surface area contributed by atoms with Gasteiger partial charge in [-0.25, -0.2) is 4.98 Å². The molecule has 5 heteroatoms. The van der Waals surface area contributed by atoms with E-state index in [1.54, 1.807) is 6.33 Å². The zero-order valence-corrected chi connectivity index (χ0v) is 13.5. The zero-order chi connectivity index (χ0) is 14.7. The summed E-state index contributed by atoms with van der Waals surface area (Å²) in [7, 11) is 0. The van der Waals surface area contributed by atoms with Crippen molar-refractivity contribution in [3.05, 3.63) is 59.9 Å². The fraction of sp³-hybridized carbons (Fsp3) is 0.250. The first-order valence-corrected chi connectivity index (χ1v) is 8.05. The normalized spacial score (nSPS) is 11.0. The molecule has 0 amide bonds. The van der Waals surface area contributed by atoms with Gasteiger partial charge >= 0.3 is 0 Å². The summed E-state index contributed by atoms with van der Waals surface area (Å²) in [6, 6.07) is 14.7. The van der Waals surface area contributed by atoms with Crippen molar-refractivity contribution >= 4 is 27.4 Å². The lowest BCUT2D eigenvalue weighted by Gasteiger charge is -2.24. The first-order valence-electron chi connectivity index (χ1n) is 6.93. The monoisotopic (exact) mass is 344 g/mol. The Morgan fingerprint density at radius 1 is 1.19 bits per heavy atom. The third-order valence-electron chi connectivity index (χ3n) is 3.40. The van der Waals surface area contributed by atoms with Gasteiger partial charge in [-0.15, -0.1) is 0 Å². The molecule has 0 aliphatic heterocycles. The number of hydrogen-bond donors (Lipinski definition) is 0. The molecular formula is C16H17BrN4. The van der Waals surface area contributed by atoms with Crippen molar-refractivity contribution < 1.29 is 0 Å². The average Bonchev–Trinajstić information content (AvgIpc) is 2.95. The molecule has 4 nitrogen and oxygen atoms in total. The van der Waals surface area contributed by atoms with Crippen LogP contribution in [0.25, 0.3) is 5.65 Å². The number of anilines is 1. The Labute approximate surface area is 132 Å². The van der Waals surface area contributed by atoms with Crippen LogP contribution in [0.15, 0.2) is 48.8 Å². The predicted molar refractivity (Wildman–Crippen MR) is 89.0 cm³/mol. The van der Waals surface area contributed by atoms with Crippen molar-refractivity contribution in [1.29, 1.82) is 0 Å². The van der Waals surface area contributed by atoms with Gasteiger partial charge in [-0.1, -0.05) is 46.3 Å². The van der Waals surface area contributed by atoms with Gasteiger partial charge in [-0.3, -0.25) is 0 Å². The molecule has 1 aromatic carbocycles. The molecule has 0 radical (unpaired) electrons. The molecule has 0 bridgehead atoms. The predicted octanol–water partition coefficient (Wildman–Crippen LogP) is 3.44. The number of hydrogen-bond acceptors (Lipinski definition) is 3. The molecule has 0 unspecified atom stereocenters. The summed E-state index contributed by atoms with van der Waals surface area (Å²) in [6.45, 7) is 3.85. The lowest BCUT2D eigenvalue weighted by atomic mass is 10.2. The highest BCUT2D eigenvalue weighted by molar-refractivity contribution is 9.09. The molecule has 0 N–H and O–H groups in total. The highest BCUT2D eigenvalue weighted by Crippen LogP contribution is 2.20. The maximum Gasteiger partial charge on any atom is 0.157 e. The van der Waals surface area contributed by atoms with Gasteiger partial charge in [-0.05, 0) is 30.2 Å². The maximum atomic E-state index is 4.35. The van der Waals surface area contributed by atoms with Crippen LogP contribution in [-0.2, 0) is 6.54 Å². The van der Waals surface area contributed by atoms with E-state index < -0.39 is 0 Å². The minimum Gasteiger partial charge on any atom is -0.351 e. The van der Waals surface area contributed by atoms with E-state index in [-0.39, 0.29) is 0 Å². The van der Waals surface area contributed by atoms with E-state index >= 15 is 0 Å². The van der Waals surface area contributed by atoms with Crippen molar-refractivity contribution in [2.24, 2.45) is 0 Å². The van der Waals surface area contributed by atoms with E-state index in [2.05, 4.69) is 68.2 Å². The van der Waals surface area contributed by atoms with Crippen LogP contribution in [0.1, 0.15) is 11.1 Å². The molecule has 0 aliphatic rings.